The highest BCUT2D eigenvalue weighted by atomic mass is 16.5. The molecule has 1 rings (SSSR count). The minimum Gasteiger partial charge on any atom is -0.490 e. The van der Waals surface area contributed by atoms with Gasteiger partial charge < -0.3 is 20.5 Å². The van der Waals surface area contributed by atoms with E-state index in [0.29, 0.717) is 30.3 Å². The normalized spacial score (nSPS) is 12.2. The van der Waals surface area contributed by atoms with Gasteiger partial charge in [-0.25, -0.2) is 0 Å². The fourth-order valence-corrected chi connectivity index (χ4v) is 2.17. The quantitative estimate of drug-likeness (QED) is 0.513. The van der Waals surface area contributed by atoms with E-state index in [0.717, 1.165) is 25.8 Å². The molecule has 0 aromatic heterocycles. The number of aliphatic hydroxyl groups excluding tert-OH is 1. The summed E-state index contributed by atoms with van der Waals surface area (Å²) < 4.78 is 5.65. The van der Waals surface area contributed by atoms with Crippen molar-refractivity contribution >= 4 is 5.91 Å². The van der Waals surface area contributed by atoms with Crippen LogP contribution in [0.4, 0.5) is 0 Å². The van der Waals surface area contributed by atoms with Gasteiger partial charge in [0.25, 0.3) is 5.91 Å². The molecule has 1 unspecified atom stereocenters. The Morgan fingerprint density at radius 1 is 1.25 bits per heavy atom. The largest absolute Gasteiger partial charge is 0.490 e. The lowest BCUT2D eigenvalue weighted by molar-refractivity contribution is 0.0924. The van der Waals surface area contributed by atoms with Gasteiger partial charge in [-0.2, -0.15) is 0 Å². The van der Waals surface area contributed by atoms with Crippen molar-refractivity contribution in [3.05, 3.63) is 29.8 Å². The lowest BCUT2D eigenvalue weighted by Gasteiger charge is -2.15. The first-order chi connectivity index (χ1) is 11.5. The van der Waals surface area contributed by atoms with E-state index in [1.807, 2.05) is 12.1 Å². The van der Waals surface area contributed by atoms with Crippen molar-refractivity contribution in [2.24, 2.45) is 5.92 Å². The Kier molecular flexibility index (Phi) is 10.1. The Hall–Kier alpha value is -1.59. The maximum absolute atomic E-state index is 12.3. The summed E-state index contributed by atoms with van der Waals surface area (Å²) in [5, 5.41) is 16.1. The van der Waals surface area contributed by atoms with E-state index in [1.165, 1.54) is 0 Å². The van der Waals surface area contributed by atoms with Gasteiger partial charge in [-0.3, -0.25) is 4.79 Å². The molecule has 0 spiro atoms. The van der Waals surface area contributed by atoms with E-state index >= 15 is 0 Å². The van der Waals surface area contributed by atoms with Crippen LogP contribution in [0.3, 0.4) is 0 Å². The second-order valence-electron chi connectivity index (χ2n) is 6.46. The van der Waals surface area contributed by atoms with E-state index in [2.05, 4.69) is 31.4 Å². The Morgan fingerprint density at radius 3 is 2.71 bits per heavy atom. The highest BCUT2D eigenvalue weighted by molar-refractivity contribution is 5.96. The third kappa shape index (κ3) is 8.31. The summed E-state index contributed by atoms with van der Waals surface area (Å²) >= 11 is 0. The Balaban J connectivity index is 2.46. The van der Waals surface area contributed by atoms with Crippen LogP contribution in [0.5, 0.6) is 5.75 Å². The molecule has 0 aliphatic rings. The zero-order valence-corrected chi connectivity index (χ0v) is 15.2. The van der Waals surface area contributed by atoms with Crippen LogP contribution in [0.25, 0.3) is 0 Å². The maximum atomic E-state index is 12.3. The Labute approximate surface area is 145 Å². The van der Waals surface area contributed by atoms with Gasteiger partial charge in [0.1, 0.15) is 18.5 Å². The molecule has 1 aromatic rings. The smallest absolute Gasteiger partial charge is 0.255 e. The number of rotatable bonds is 12. The van der Waals surface area contributed by atoms with Crippen LogP contribution in [-0.2, 0) is 0 Å². The van der Waals surface area contributed by atoms with Crippen molar-refractivity contribution < 1.29 is 14.6 Å². The minimum atomic E-state index is -0.598. The molecule has 136 valence electrons. The number of aliphatic hydroxyl groups is 1. The van der Waals surface area contributed by atoms with E-state index in [9.17, 15) is 9.90 Å². The van der Waals surface area contributed by atoms with Crippen LogP contribution in [-0.4, -0.2) is 43.4 Å². The number of amides is 1. The van der Waals surface area contributed by atoms with Gasteiger partial charge in [-0.05, 0) is 37.4 Å². The monoisotopic (exact) mass is 336 g/mol. The second-order valence-corrected chi connectivity index (χ2v) is 6.46. The van der Waals surface area contributed by atoms with Crippen molar-refractivity contribution in [3.8, 4) is 5.75 Å². The van der Waals surface area contributed by atoms with Crippen molar-refractivity contribution in [2.75, 3.05) is 26.2 Å². The number of ether oxygens (including phenoxy) is 1. The van der Waals surface area contributed by atoms with E-state index < -0.39 is 6.10 Å². The lowest BCUT2D eigenvalue weighted by Crippen LogP contribution is -2.32. The first kappa shape index (κ1) is 20.5. The summed E-state index contributed by atoms with van der Waals surface area (Å²) in [4.78, 5) is 12.3. The molecule has 0 aliphatic carbocycles. The molecule has 0 aliphatic heterocycles. The summed E-state index contributed by atoms with van der Waals surface area (Å²) in [6, 6.07) is 7.14. The van der Waals surface area contributed by atoms with Gasteiger partial charge in [0.15, 0.2) is 0 Å². The lowest BCUT2D eigenvalue weighted by atomic mass is 10.1. The third-order valence-electron chi connectivity index (χ3n) is 3.66. The first-order valence-corrected chi connectivity index (χ1v) is 8.93. The third-order valence-corrected chi connectivity index (χ3v) is 3.66. The molecule has 0 bridgehead atoms. The van der Waals surface area contributed by atoms with Gasteiger partial charge in [-0.15, -0.1) is 0 Å². The van der Waals surface area contributed by atoms with Crippen LogP contribution < -0.4 is 15.4 Å². The molecule has 0 heterocycles. The number of carbonyl (C=O) groups is 1. The molecule has 1 amide bonds. The molecule has 1 aromatic carbocycles. The van der Waals surface area contributed by atoms with E-state index in [1.54, 1.807) is 12.1 Å². The topological polar surface area (TPSA) is 70.6 Å². The molecule has 1 atom stereocenters. The van der Waals surface area contributed by atoms with Gasteiger partial charge in [0.2, 0.25) is 0 Å². The summed E-state index contributed by atoms with van der Waals surface area (Å²) in [5.74, 6) is 0.918. The van der Waals surface area contributed by atoms with Gasteiger partial charge in [-0.1, -0.05) is 39.3 Å². The molecule has 5 heteroatoms. The SMILES string of the molecule is CCCCNCC(O)COc1ccccc1C(=O)NCCC(C)C. The predicted octanol–water partition coefficient (Wildman–Crippen LogP) is 2.59. The van der Waals surface area contributed by atoms with Crippen molar-refractivity contribution in [1.29, 1.82) is 0 Å². The molecule has 0 fully saturated rings. The Morgan fingerprint density at radius 2 is 2.00 bits per heavy atom. The molecule has 0 saturated heterocycles. The van der Waals surface area contributed by atoms with E-state index in [4.69, 9.17) is 4.74 Å². The molecule has 0 saturated carbocycles. The highest BCUT2D eigenvalue weighted by Gasteiger charge is 2.13. The average Bonchev–Trinajstić information content (AvgIpc) is 2.56. The number of para-hydroxylation sites is 1. The molecular weight excluding hydrogens is 304 g/mol. The number of nitrogens with one attached hydrogen (secondary N) is 2. The first-order valence-electron chi connectivity index (χ1n) is 8.93. The number of hydrogen-bond donors (Lipinski definition) is 3. The summed E-state index contributed by atoms with van der Waals surface area (Å²) in [6.07, 6.45) is 2.56. The van der Waals surface area contributed by atoms with Crippen LogP contribution in [0.1, 0.15) is 50.4 Å². The molecule has 0 radical (unpaired) electrons. The van der Waals surface area contributed by atoms with Crippen LogP contribution in [0.15, 0.2) is 24.3 Å². The molecule has 3 N–H and O–H groups in total. The van der Waals surface area contributed by atoms with Crippen molar-refractivity contribution in [2.45, 2.75) is 46.1 Å². The van der Waals surface area contributed by atoms with Gasteiger partial charge in [0.05, 0.1) is 5.56 Å². The summed E-state index contributed by atoms with van der Waals surface area (Å²) in [5.41, 5.74) is 0.507. The molecular formula is C19H32N2O3. The van der Waals surface area contributed by atoms with Crippen LogP contribution >= 0.6 is 0 Å². The predicted molar refractivity (Wildman–Crippen MR) is 97.5 cm³/mol. The van der Waals surface area contributed by atoms with Crippen molar-refractivity contribution in [3.63, 3.8) is 0 Å². The number of carbonyl (C=O) groups excluding carboxylic acids is 1. The number of unbranched alkanes of at least 4 members (excludes halogenated alkanes) is 1. The minimum absolute atomic E-state index is 0.137. The van der Waals surface area contributed by atoms with Gasteiger partial charge >= 0.3 is 0 Å². The maximum Gasteiger partial charge on any atom is 0.255 e. The molecule has 5 nitrogen and oxygen atoms in total. The zero-order chi connectivity index (χ0) is 17.8. The second kappa shape index (κ2) is 11.9. The van der Waals surface area contributed by atoms with Gasteiger partial charge in [0, 0.05) is 13.1 Å². The fraction of sp³-hybridized carbons (Fsp3) is 0.632. The highest BCUT2D eigenvalue weighted by Crippen LogP contribution is 2.18. The number of benzene rings is 1. The summed E-state index contributed by atoms with van der Waals surface area (Å²) in [6.45, 7) is 8.57. The zero-order valence-electron chi connectivity index (χ0n) is 15.2. The van der Waals surface area contributed by atoms with E-state index in [-0.39, 0.29) is 12.5 Å². The standard InChI is InChI=1S/C19H32N2O3/c1-4-5-11-20-13-16(22)14-24-18-9-7-6-8-17(18)19(23)21-12-10-15(2)3/h6-9,15-16,20,22H,4-5,10-14H2,1-3H3,(H,21,23). The average molecular weight is 336 g/mol. The van der Waals surface area contributed by atoms with Crippen LogP contribution in [0.2, 0.25) is 0 Å². The van der Waals surface area contributed by atoms with Crippen LogP contribution in [0, 0.1) is 5.92 Å². The Bertz CT molecular complexity index is 477. The summed E-state index contributed by atoms with van der Waals surface area (Å²) in [7, 11) is 0. The fourth-order valence-electron chi connectivity index (χ4n) is 2.17. The van der Waals surface area contributed by atoms with Crippen molar-refractivity contribution in [1.82, 2.24) is 10.6 Å². The number of hydrogen-bond acceptors (Lipinski definition) is 4. The molecule has 24 heavy (non-hydrogen) atoms.